The standard InChI is InChI=1S/C16H20BN/c1-16(2,3)12-8-10-13(11-9-12)18-15-7-5-4-6-14(15)17/h4-11,18H,17H2,1-3H3. The number of rotatable bonds is 2. The molecule has 1 nitrogen and oxygen atoms in total. The van der Waals surface area contributed by atoms with Crippen molar-refractivity contribution in [2.24, 2.45) is 0 Å². The smallest absolute Gasteiger partial charge is 0.142 e. The Balaban J connectivity index is 2.19. The number of hydrogen-bond donors (Lipinski definition) is 1. The van der Waals surface area contributed by atoms with Gasteiger partial charge in [-0.3, -0.25) is 0 Å². The fraction of sp³-hybridized carbons (Fsp3) is 0.250. The van der Waals surface area contributed by atoms with Gasteiger partial charge in [0, 0.05) is 11.4 Å². The SMILES string of the molecule is Bc1ccccc1Nc1ccc(C(C)(C)C)cc1. The molecule has 0 aliphatic carbocycles. The predicted octanol–water partition coefficient (Wildman–Crippen LogP) is 2.99. The van der Waals surface area contributed by atoms with Gasteiger partial charge < -0.3 is 5.32 Å². The molecule has 0 atom stereocenters. The van der Waals surface area contributed by atoms with Gasteiger partial charge in [0.1, 0.15) is 7.85 Å². The van der Waals surface area contributed by atoms with Gasteiger partial charge in [-0.15, -0.1) is 0 Å². The number of para-hydroxylation sites is 1. The van der Waals surface area contributed by atoms with Gasteiger partial charge in [-0.1, -0.05) is 56.6 Å². The Morgan fingerprint density at radius 3 is 2.06 bits per heavy atom. The number of anilines is 2. The molecule has 0 aliphatic heterocycles. The number of benzene rings is 2. The highest BCUT2D eigenvalue weighted by Crippen LogP contribution is 2.24. The molecule has 0 radical (unpaired) electrons. The third-order valence-electron chi connectivity index (χ3n) is 3.17. The Labute approximate surface area is 111 Å². The molecule has 0 aliphatic rings. The van der Waals surface area contributed by atoms with E-state index in [-0.39, 0.29) is 5.41 Å². The first-order chi connectivity index (χ1) is 8.47. The molecule has 18 heavy (non-hydrogen) atoms. The molecule has 0 fully saturated rings. The highest BCUT2D eigenvalue weighted by molar-refractivity contribution is 6.35. The summed E-state index contributed by atoms with van der Waals surface area (Å²) < 4.78 is 0. The van der Waals surface area contributed by atoms with Crippen LogP contribution in [0.25, 0.3) is 0 Å². The summed E-state index contributed by atoms with van der Waals surface area (Å²) in [5.41, 5.74) is 5.13. The topological polar surface area (TPSA) is 12.0 Å². The van der Waals surface area contributed by atoms with Crippen molar-refractivity contribution in [2.45, 2.75) is 26.2 Å². The minimum absolute atomic E-state index is 0.210. The Morgan fingerprint density at radius 2 is 1.50 bits per heavy atom. The van der Waals surface area contributed by atoms with Crippen molar-refractivity contribution in [1.82, 2.24) is 0 Å². The van der Waals surface area contributed by atoms with Crippen LogP contribution in [0.5, 0.6) is 0 Å². The molecular formula is C16H20BN. The van der Waals surface area contributed by atoms with Gasteiger partial charge in [0.15, 0.2) is 0 Å². The third kappa shape index (κ3) is 2.95. The molecule has 2 heteroatoms. The van der Waals surface area contributed by atoms with Crippen LogP contribution in [-0.2, 0) is 5.41 Å². The van der Waals surface area contributed by atoms with Gasteiger partial charge in [-0.2, -0.15) is 0 Å². The summed E-state index contributed by atoms with van der Waals surface area (Å²) in [6.07, 6.45) is 0. The van der Waals surface area contributed by atoms with Crippen molar-refractivity contribution < 1.29 is 0 Å². The van der Waals surface area contributed by atoms with Crippen LogP contribution < -0.4 is 10.8 Å². The van der Waals surface area contributed by atoms with E-state index in [9.17, 15) is 0 Å². The van der Waals surface area contributed by atoms with Crippen LogP contribution in [0.4, 0.5) is 11.4 Å². The second-order valence-corrected chi connectivity index (χ2v) is 5.77. The van der Waals surface area contributed by atoms with E-state index >= 15 is 0 Å². The molecule has 0 heterocycles. The molecule has 0 bridgehead atoms. The molecule has 2 aromatic rings. The summed E-state index contributed by atoms with van der Waals surface area (Å²) in [6, 6.07) is 17.0. The maximum absolute atomic E-state index is 3.45. The largest absolute Gasteiger partial charge is 0.356 e. The second kappa shape index (κ2) is 4.89. The van der Waals surface area contributed by atoms with E-state index in [0.717, 1.165) is 5.69 Å². The Bertz CT molecular complexity index is 524. The lowest BCUT2D eigenvalue weighted by molar-refractivity contribution is 0.590. The highest BCUT2D eigenvalue weighted by atomic mass is 14.9. The van der Waals surface area contributed by atoms with Gasteiger partial charge in [0.2, 0.25) is 0 Å². The lowest BCUT2D eigenvalue weighted by Gasteiger charge is -2.19. The van der Waals surface area contributed by atoms with Crippen molar-refractivity contribution in [1.29, 1.82) is 0 Å². The second-order valence-electron chi connectivity index (χ2n) is 5.77. The zero-order valence-electron chi connectivity index (χ0n) is 11.6. The fourth-order valence-corrected chi connectivity index (χ4v) is 1.92. The first-order valence-corrected chi connectivity index (χ1v) is 6.40. The van der Waals surface area contributed by atoms with E-state index < -0.39 is 0 Å². The zero-order chi connectivity index (χ0) is 13.2. The lowest BCUT2D eigenvalue weighted by Crippen LogP contribution is -2.11. The van der Waals surface area contributed by atoms with Gasteiger partial charge in [-0.25, -0.2) is 0 Å². The quantitative estimate of drug-likeness (QED) is 0.792. The van der Waals surface area contributed by atoms with E-state index in [1.54, 1.807) is 0 Å². The average molecular weight is 237 g/mol. The molecule has 0 saturated carbocycles. The van der Waals surface area contributed by atoms with E-state index in [1.807, 2.05) is 0 Å². The number of nitrogens with one attached hydrogen (secondary N) is 1. The summed E-state index contributed by atoms with van der Waals surface area (Å²) in [7, 11) is 2.12. The van der Waals surface area contributed by atoms with Crippen molar-refractivity contribution in [2.75, 3.05) is 5.32 Å². The van der Waals surface area contributed by atoms with Crippen LogP contribution in [0.2, 0.25) is 0 Å². The number of hydrogen-bond acceptors (Lipinski definition) is 1. The van der Waals surface area contributed by atoms with Gasteiger partial charge in [0.05, 0.1) is 0 Å². The van der Waals surface area contributed by atoms with Crippen LogP contribution >= 0.6 is 0 Å². The van der Waals surface area contributed by atoms with Gasteiger partial charge in [-0.05, 0) is 29.2 Å². The first-order valence-electron chi connectivity index (χ1n) is 6.40. The van der Waals surface area contributed by atoms with Crippen molar-refractivity contribution in [3.8, 4) is 0 Å². The lowest BCUT2D eigenvalue weighted by atomic mass is 9.87. The van der Waals surface area contributed by atoms with Crippen LogP contribution in [0.15, 0.2) is 48.5 Å². The predicted molar refractivity (Wildman–Crippen MR) is 83.0 cm³/mol. The van der Waals surface area contributed by atoms with E-state index in [1.165, 1.54) is 16.7 Å². The maximum atomic E-state index is 3.45. The van der Waals surface area contributed by atoms with Crippen LogP contribution in [0.1, 0.15) is 26.3 Å². The van der Waals surface area contributed by atoms with Gasteiger partial charge >= 0.3 is 0 Å². The Morgan fingerprint density at radius 1 is 0.889 bits per heavy atom. The molecule has 2 aromatic carbocycles. The van der Waals surface area contributed by atoms with Crippen LogP contribution in [-0.4, -0.2) is 7.85 Å². The minimum Gasteiger partial charge on any atom is -0.356 e. The Hall–Kier alpha value is -1.70. The molecular weight excluding hydrogens is 217 g/mol. The van der Waals surface area contributed by atoms with Crippen LogP contribution in [0, 0.1) is 0 Å². The molecule has 0 spiro atoms. The maximum Gasteiger partial charge on any atom is 0.142 e. The molecule has 0 amide bonds. The summed E-state index contributed by atoms with van der Waals surface area (Å²) >= 11 is 0. The third-order valence-corrected chi connectivity index (χ3v) is 3.17. The van der Waals surface area contributed by atoms with Crippen molar-refractivity contribution in [3.63, 3.8) is 0 Å². The fourth-order valence-electron chi connectivity index (χ4n) is 1.92. The van der Waals surface area contributed by atoms with Crippen molar-refractivity contribution >= 4 is 24.7 Å². The van der Waals surface area contributed by atoms with Crippen molar-refractivity contribution in [3.05, 3.63) is 54.1 Å². The summed E-state index contributed by atoms with van der Waals surface area (Å²) in [5.74, 6) is 0. The minimum atomic E-state index is 0.210. The molecule has 0 unspecified atom stereocenters. The molecule has 0 saturated heterocycles. The monoisotopic (exact) mass is 237 g/mol. The molecule has 2 rings (SSSR count). The molecule has 92 valence electrons. The van der Waals surface area contributed by atoms with E-state index in [2.05, 4.69) is 82.5 Å². The molecule has 0 aromatic heterocycles. The first kappa shape index (κ1) is 12.8. The van der Waals surface area contributed by atoms with Crippen LogP contribution in [0.3, 0.4) is 0 Å². The Kier molecular flexibility index (Phi) is 3.47. The average Bonchev–Trinajstić information content (AvgIpc) is 2.32. The highest BCUT2D eigenvalue weighted by Gasteiger charge is 2.12. The summed E-state index contributed by atoms with van der Waals surface area (Å²) in [4.78, 5) is 0. The normalized spacial score (nSPS) is 11.3. The summed E-state index contributed by atoms with van der Waals surface area (Å²) in [5, 5.41) is 3.45. The molecule has 1 N–H and O–H groups in total. The van der Waals surface area contributed by atoms with E-state index in [4.69, 9.17) is 0 Å². The summed E-state index contributed by atoms with van der Waals surface area (Å²) in [6.45, 7) is 6.70. The zero-order valence-corrected chi connectivity index (χ0v) is 11.6. The van der Waals surface area contributed by atoms with Gasteiger partial charge in [0.25, 0.3) is 0 Å². The van der Waals surface area contributed by atoms with E-state index in [0.29, 0.717) is 0 Å².